The van der Waals surface area contributed by atoms with E-state index in [1.54, 1.807) is 22.2 Å². The lowest BCUT2D eigenvalue weighted by molar-refractivity contribution is 0.158. The first kappa shape index (κ1) is 15.6. The number of thiazole rings is 1. The molecule has 0 radical (unpaired) electrons. The number of aromatic nitrogens is 3. The molecular weight excluding hydrogens is 320 g/mol. The number of hydrogen-bond donors (Lipinski definition) is 1. The van der Waals surface area contributed by atoms with E-state index in [9.17, 15) is 5.11 Å². The molecule has 0 bridgehead atoms. The Bertz CT molecular complexity index is 856. The Hall–Kier alpha value is -1.92. The molecule has 0 aliphatic carbocycles. The second-order valence-electron chi connectivity index (χ2n) is 6.61. The average molecular weight is 342 g/mol. The topological polar surface area (TPSA) is 54.2 Å². The van der Waals surface area contributed by atoms with E-state index in [2.05, 4.69) is 35.1 Å². The van der Waals surface area contributed by atoms with Crippen molar-refractivity contribution in [3.05, 3.63) is 41.7 Å². The summed E-state index contributed by atoms with van der Waals surface area (Å²) in [6.07, 6.45) is 6.16. The Morgan fingerprint density at radius 3 is 3.04 bits per heavy atom. The number of aryl methyl sites for hydroxylation is 2. The quantitative estimate of drug-likeness (QED) is 0.789. The van der Waals surface area contributed by atoms with E-state index < -0.39 is 6.10 Å². The molecule has 2 atom stereocenters. The van der Waals surface area contributed by atoms with Crippen LogP contribution in [0, 0.1) is 6.92 Å². The van der Waals surface area contributed by atoms with Crippen molar-refractivity contribution in [2.45, 2.75) is 38.3 Å². The molecule has 3 heterocycles. The Labute approximate surface area is 145 Å². The predicted molar refractivity (Wildman–Crippen MR) is 97.5 cm³/mol. The van der Waals surface area contributed by atoms with E-state index in [4.69, 9.17) is 4.98 Å². The Morgan fingerprint density at radius 2 is 2.29 bits per heavy atom. The number of aliphatic hydroxyl groups excluding tert-OH is 1. The monoisotopic (exact) mass is 342 g/mol. The zero-order valence-electron chi connectivity index (χ0n) is 14.0. The van der Waals surface area contributed by atoms with Crippen LogP contribution in [0.3, 0.4) is 0 Å². The highest BCUT2D eigenvalue weighted by Gasteiger charge is 2.29. The molecule has 1 aliphatic rings. The fourth-order valence-corrected chi connectivity index (χ4v) is 4.67. The van der Waals surface area contributed by atoms with Gasteiger partial charge in [0.25, 0.3) is 0 Å². The predicted octanol–water partition coefficient (Wildman–Crippen LogP) is 3.43. The van der Waals surface area contributed by atoms with Gasteiger partial charge in [-0.15, -0.1) is 0 Å². The summed E-state index contributed by atoms with van der Waals surface area (Å²) in [4.78, 5) is 7.21. The maximum Gasteiger partial charge on any atom is 0.186 e. The molecule has 3 aromatic rings. The second-order valence-corrected chi connectivity index (χ2v) is 7.59. The molecular formula is C18H22N4OS. The highest BCUT2D eigenvalue weighted by Crippen LogP contribution is 2.37. The van der Waals surface area contributed by atoms with Gasteiger partial charge in [-0.05, 0) is 37.8 Å². The van der Waals surface area contributed by atoms with Crippen LogP contribution in [0.15, 0.2) is 30.6 Å². The lowest BCUT2D eigenvalue weighted by Gasteiger charge is -2.25. The van der Waals surface area contributed by atoms with Crippen LogP contribution in [0.4, 0.5) is 5.13 Å². The maximum absolute atomic E-state index is 10.5. The smallest absolute Gasteiger partial charge is 0.186 e. The van der Waals surface area contributed by atoms with Gasteiger partial charge >= 0.3 is 0 Å². The van der Waals surface area contributed by atoms with Gasteiger partial charge in [0, 0.05) is 31.4 Å². The zero-order chi connectivity index (χ0) is 16.7. The molecule has 0 spiro atoms. The molecule has 1 aromatic carbocycles. The van der Waals surface area contributed by atoms with E-state index in [-0.39, 0.29) is 0 Å². The first-order valence-electron chi connectivity index (χ1n) is 8.41. The minimum Gasteiger partial charge on any atom is -0.388 e. The Morgan fingerprint density at radius 1 is 1.42 bits per heavy atom. The molecule has 0 saturated carbocycles. The molecule has 0 amide bonds. The maximum atomic E-state index is 10.5. The third kappa shape index (κ3) is 2.80. The number of anilines is 1. The van der Waals surface area contributed by atoms with Gasteiger partial charge in [-0.2, -0.15) is 5.10 Å². The Balaban J connectivity index is 1.56. The van der Waals surface area contributed by atoms with E-state index in [1.807, 2.05) is 13.2 Å². The van der Waals surface area contributed by atoms with Gasteiger partial charge in [-0.25, -0.2) is 4.98 Å². The summed E-state index contributed by atoms with van der Waals surface area (Å²) < 4.78 is 3.01. The van der Waals surface area contributed by atoms with Crippen molar-refractivity contribution in [2.24, 2.45) is 7.05 Å². The van der Waals surface area contributed by atoms with Crippen LogP contribution in [-0.4, -0.2) is 32.5 Å². The van der Waals surface area contributed by atoms with Crippen LogP contribution < -0.4 is 4.90 Å². The summed E-state index contributed by atoms with van der Waals surface area (Å²) in [6, 6.07) is 6.62. The first-order valence-corrected chi connectivity index (χ1v) is 9.23. The van der Waals surface area contributed by atoms with Gasteiger partial charge in [-0.3, -0.25) is 4.68 Å². The number of nitrogens with zero attached hydrogens (tertiary/aromatic N) is 4. The zero-order valence-corrected chi connectivity index (χ0v) is 14.8. The van der Waals surface area contributed by atoms with Gasteiger partial charge < -0.3 is 10.0 Å². The van der Waals surface area contributed by atoms with Gasteiger partial charge in [-0.1, -0.05) is 23.5 Å². The van der Waals surface area contributed by atoms with E-state index >= 15 is 0 Å². The molecule has 1 fully saturated rings. The highest BCUT2D eigenvalue weighted by molar-refractivity contribution is 7.22. The number of rotatable bonds is 4. The normalized spacial score (nSPS) is 19.3. The molecule has 5 nitrogen and oxygen atoms in total. The number of fused-ring (bicyclic) bond motifs is 1. The fraction of sp³-hybridized carbons (Fsp3) is 0.444. The van der Waals surface area contributed by atoms with Gasteiger partial charge in [0.15, 0.2) is 5.13 Å². The summed E-state index contributed by atoms with van der Waals surface area (Å²) in [6.45, 7) is 3.15. The molecule has 0 unspecified atom stereocenters. The highest BCUT2D eigenvalue weighted by atomic mass is 32.1. The van der Waals surface area contributed by atoms with Crippen LogP contribution in [0.2, 0.25) is 0 Å². The molecule has 1 N–H and O–H groups in total. The van der Waals surface area contributed by atoms with Crippen molar-refractivity contribution >= 4 is 26.7 Å². The fourth-order valence-electron chi connectivity index (χ4n) is 3.54. The van der Waals surface area contributed by atoms with Crippen molar-refractivity contribution in [3.8, 4) is 0 Å². The van der Waals surface area contributed by atoms with Crippen LogP contribution in [0.5, 0.6) is 0 Å². The summed E-state index contributed by atoms with van der Waals surface area (Å²) in [5.74, 6) is 0. The van der Waals surface area contributed by atoms with Crippen molar-refractivity contribution in [1.29, 1.82) is 0 Å². The summed E-state index contributed by atoms with van der Waals surface area (Å²) in [5, 5.41) is 15.8. The third-order valence-electron chi connectivity index (χ3n) is 4.83. The second kappa shape index (κ2) is 6.18. The number of hydrogen-bond acceptors (Lipinski definition) is 5. The van der Waals surface area contributed by atoms with Gasteiger partial charge in [0.05, 0.1) is 22.5 Å². The minimum absolute atomic E-state index is 0.334. The van der Waals surface area contributed by atoms with Gasteiger partial charge in [0.2, 0.25) is 0 Å². The van der Waals surface area contributed by atoms with Crippen LogP contribution in [0.25, 0.3) is 10.2 Å². The number of aliphatic hydroxyl groups is 1. The Kier molecular flexibility index (Phi) is 4.02. The SMILES string of the molecule is Cc1cccc2nc(N3CCC[C@H]3C[C@@H](O)c3cnn(C)c3)sc12. The van der Waals surface area contributed by atoms with E-state index in [0.29, 0.717) is 6.04 Å². The van der Waals surface area contributed by atoms with Crippen molar-refractivity contribution in [1.82, 2.24) is 14.8 Å². The lowest BCUT2D eigenvalue weighted by atomic mass is 10.0. The van der Waals surface area contributed by atoms with Gasteiger partial charge in [0.1, 0.15) is 0 Å². The molecule has 1 aliphatic heterocycles. The van der Waals surface area contributed by atoms with Crippen LogP contribution in [0.1, 0.15) is 36.5 Å². The van der Waals surface area contributed by atoms with E-state index in [1.165, 1.54) is 10.3 Å². The van der Waals surface area contributed by atoms with Crippen LogP contribution >= 0.6 is 11.3 Å². The van der Waals surface area contributed by atoms with Crippen molar-refractivity contribution in [2.75, 3.05) is 11.4 Å². The summed E-state index contributed by atoms with van der Waals surface area (Å²) >= 11 is 1.77. The summed E-state index contributed by atoms with van der Waals surface area (Å²) in [7, 11) is 1.88. The standard InChI is InChI=1S/C18H22N4OS/c1-12-5-3-7-15-17(12)24-18(20-15)22-8-4-6-14(22)9-16(23)13-10-19-21(2)11-13/h3,5,7,10-11,14,16,23H,4,6,8-9H2,1-2H3/t14-,16+/m0/s1. The summed E-state index contributed by atoms with van der Waals surface area (Å²) in [5.41, 5.74) is 3.25. The van der Waals surface area contributed by atoms with Crippen molar-refractivity contribution in [3.63, 3.8) is 0 Å². The minimum atomic E-state index is -0.472. The first-order chi connectivity index (χ1) is 11.6. The molecule has 24 heavy (non-hydrogen) atoms. The van der Waals surface area contributed by atoms with E-state index in [0.717, 1.165) is 42.0 Å². The molecule has 4 rings (SSSR count). The lowest BCUT2D eigenvalue weighted by Crippen LogP contribution is -2.30. The molecule has 6 heteroatoms. The van der Waals surface area contributed by atoms with Crippen LogP contribution in [-0.2, 0) is 7.05 Å². The number of benzene rings is 1. The molecule has 126 valence electrons. The third-order valence-corrected chi connectivity index (χ3v) is 6.07. The molecule has 2 aromatic heterocycles. The van der Waals surface area contributed by atoms with Crippen molar-refractivity contribution < 1.29 is 5.11 Å². The largest absolute Gasteiger partial charge is 0.388 e. The molecule has 1 saturated heterocycles. The average Bonchev–Trinajstić information content (AvgIpc) is 3.26.